The lowest BCUT2D eigenvalue weighted by Crippen LogP contribution is -2.60. The number of anilines is 1. The number of aryl methyl sites for hydroxylation is 1. The molecule has 4 aliphatic rings. The van der Waals surface area contributed by atoms with Gasteiger partial charge in [0.05, 0.1) is 0 Å². The highest BCUT2D eigenvalue weighted by Gasteiger charge is 2.60. The van der Waals surface area contributed by atoms with Gasteiger partial charge in [-0.1, -0.05) is 26.8 Å². The molecule has 30 heavy (non-hydrogen) atoms. The second-order valence-electron chi connectivity index (χ2n) is 10.8. The topological polar surface area (TPSA) is 45.2 Å². The van der Waals surface area contributed by atoms with E-state index in [-0.39, 0.29) is 11.3 Å². The van der Waals surface area contributed by atoms with E-state index in [1.807, 2.05) is 24.2 Å². The largest absolute Gasteiger partial charge is 0.367 e. The Bertz CT molecular complexity index is 866. The van der Waals surface area contributed by atoms with Crippen LogP contribution in [0.1, 0.15) is 64.9 Å². The van der Waals surface area contributed by atoms with Crippen LogP contribution in [0.4, 0.5) is 5.82 Å². The smallest absolute Gasteiger partial charge is 0.246 e. The van der Waals surface area contributed by atoms with Gasteiger partial charge >= 0.3 is 0 Å². The number of carbonyl (C=O) groups excluding carboxylic acids is 1. The molecular weight excluding hydrogens is 370 g/mol. The zero-order valence-electron chi connectivity index (χ0n) is 19.0. The Balaban J connectivity index is 1.39. The van der Waals surface area contributed by atoms with Crippen molar-refractivity contribution in [3.63, 3.8) is 0 Å². The summed E-state index contributed by atoms with van der Waals surface area (Å²) >= 11 is 0. The van der Waals surface area contributed by atoms with Gasteiger partial charge in [-0.25, -0.2) is 4.98 Å². The predicted molar refractivity (Wildman–Crippen MR) is 121 cm³/mol. The summed E-state index contributed by atoms with van der Waals surface area (Å²) in [6.45, 7) is 7.18. The lowest BCUT2D eigenvalue weighted by molar-refractivity contribution is -0.138. The van der Waals surface area contributed by atoms with Gasteiger partial charge in [-0.15, -0.1) is 0 Å². The van der Waals surface area contributed by atoms with E-state index < -0.39 is 0 Å². The van der Waals surface area contributed by atoms with Gasteiger partial charge < -0.3 is 10.2 Å². The van der Waals surface area contributed by atoms with Gasteiger partial charge in [0.25, 0.3) is 0 Å². The Kier molecular flexibility index (Phi) is 4.75. The minimum absolute atomic E-state index is 0.134. The third-order valence-electron chi connectivity index (χ3n) is 9.68. The van der Waals surface area contributed by atoms with Crippen LogP contribution >= 0.6 is 0 Å². The quantitative estimate of drug-likeness (QED) is 0.761. The second kappa shape index (κ2) is 7.10. The molecule has 3 saturated carbocycles. The molecule has 162 valence electrons. The second-order valence-corrected chi connectivity index (χ2v) is 10.8. The maximum Gasteiger partial charge on any atom is 0.246 e. The third-order valence-corrected chi connectivity index (χ3v) is 9.68. The molecular formula is C26H37N3O. The van der Waals surface area contributed by atoms with E-state index >= 15 is 0 Å². The van der Waals surface area contributed by atoms with Crippen molar-refractivity contribution in [3.8, 4) is 0 Å². The summed E-state index contributed by atoms with van der Waals surface area (Å²) in [6.07, 6.45) is 14.7. The molecule has 1 N–H and O–H groups in total. The van der Waals surface area contributed by atoms with Gasteiger partial charge in [-0.2, -0.15) is 0 Å². The van der Waals surface area contributed by atoms with E-state index in [1.165, 1.54) is 37.7 Å². The molecule has 3 fully saturated rings. The minimum atomic E-state index is 0.134. The molecule has 0 bridgehead atoms. The van der Waals surface area contributed by atoms with Crippen molar-refractivity contribution in [2.24, 2.45) is 28.6 Å². The highest BCUT2D eigenvalue weighted by atomic mass is 16.2. The summed E-state index contributed by atoms with van der Waals surface area (Å²) in [5.74, 6) is 3.48. The number of nitrogens with zero attached hydrogens (tertiary/aromatic N) is 2. The molecule has 1 aliphatic heterocycles. The average Bonchev–Trinajstić information content (AvgIpc) is 3.07. The molecule has 1 amide bonds. The summed E-state index contributed by atoms with van der Waals surface area (Å²) in [6, 6.07) is 5.24. The first kappa shape index (κ1) is 20.1. The molecule has 0 spiro atoms. The van der Waals surface area contributed by atoms with E-state index in [2.05, 4.69) is 49.3 Å². The number of fused-ring (bicyclic) bond motifs is 5. The number of aromatic nitrogens is 1. The molecule has 0 radical (unpaired) electrons. The first-order chi connectivity index (χ1) is 14.4. The fourth-order valence-corrected chi connectivity index (χ4v) is 7.93. The Morgan fingerprint density at radius 2 is 2.00 bits per heavy atom. The van der Waals surface area contributed by atoms with Crippen LogP contribution < -0.4 is 5.32 Å². The van der Waals surface area contributed by atoms with E-state index in [9.17, 15) is 4.79 Å². The maximum absolute atomic E-state index is 12.3. The Hall–Kier alpha value is -1.84. The normalized spacial score (nSPS) is 42.5. The predicted octanol–water partition coefficient (Wildman–Crippen LogP) is 5.06. The molecule has 0 aromatic carbocycles. The number of likely N-dealkylation sites (N-methyl/N-ethyl adjacent to an activating group) is 1. The standard InChI is InChI=1S/C26H37N3O/c1-5-17-12-15-27-23(16-17)28-21-8-7-19-18-6-9-22-26(3,14-11-24(30)29(22)4)20(18)10-13-25(19,21)2/h11-12,14-16,18-22H,5-10,13H2,1-4H3,(H,27,28)/t18-,19-,20+,21?,22?,25-,26+/m0/s1. The summed E-state index contributed by atoms with van der Waals surface area (Å²) in [4.78, 5) is 18.9. The number of rotatable bonds is 3. The molecule has 4 heteroatoms. The molecule has 1 aromatic rings. The molecule has 4 nitrogen and oxygen atoms in total. The maximum atomic E-state index is 12.3. The van der Waals surface area contributed by atoms with Gasteiger partial charge in [-0.05, 0) is 91.9 Å². The highest BCUT2D eigenvalue weighted by Crippen LogP contribution is 2.64. The van der Waals surface area contributed by atoms with Crippen LogP contribution in [0.15, 0.2) is 30.5 Å². The molecule has 1 aromatic heterocycles. The number of pyridine rings is 1. The van der Waals surface area contributed by atoms with Crippen molar-refractivity contribution in [1.29, 1.82) is 0 Å². The number of carbonyl (C=O) groups is 1. The van der Waals surface area contributed by atoms with E-state index in [0.29, 0.717) is 23.4 Å². The summed E-state index contributed by atoms with van der Waals surface area (Å²) in [7, 11) is 2.01. The van der Waals surface area contributed by atoms with Crippen LogP contribution in [0.5, 0.6) is 0 Å². The van der Waals surface area contributed by atoms with Crippen LogP contribution in [0.25, 0.3) is 0 Å². The van der Waals surface area contributed by atoms with E-state index in [0.717, 1.165) is 30.5 Å². The number of hydrogen-bond acceptors (Lipinski definition) is 3. The van der Waals surface area contributed by atoms with Crippen LogP contribution in [0, 0.1) is 28.6 Å². The number of amides is 1. The zero-order valence-corrected chi connectivity index (χ0v) is 19.0. The lowest BCUT2D eigenvalue weighted by atomic mass is 9.48. The monoisotopic (exact) mass is 407 g/mol. The van der Waals surface area contributed by atoms with Gasteiger partial charge in [-0.3, -0.25) is 4.79 Å². The summed E-state index contributed by atoms with van der Waals surface area (Å²) < 4.78 is 0. The fourth-order valence-electron chi connectivity index (χ4n) is 7.93. The minimum Gasteiger partial charge on any atom is -0.367 e. The van der Waals surface area contributed by atoms with Crippen LogP contribution in [0.3, 0.4) is 0 Å². The summed E-state index contributed by atoms with van der Waals surface area (Å²) in [5.41, 5.74) is 1.83. The van der Waals surface area contributed by atoms with Gasteiger partial charge in [0.1, 0.15) is 5.82 Å². The highest BCUT2D eigenvalue weighted by molar-refractivity contribution is 5.89. The SMILES string of the molecule is CCc1ccnc(NC2CC[C@H]3[C@@H]4CCC5N(C)C(=O)C=C[C@]5(C)[C@@H]4CC[C@]23C)c1. The molecule has 0 saturated heterocycles. The van der Waals surface area contributed by atoms with Crippen LogP contribution in [-0.2, 0) is 11.2 Å². The number of nitrogens with one attached hydrogen (secondary N) is 1. The van der Waals surface area contributed by atoms with Crippen LogP contribution in [0.2, 0.25) is 0 Å². The van der Waals surface area contributed by atoms with Crippen molar-refractivity contribution in [2.75, 3.05) is 12.4 Å². The third kappa shape index (κ3) is 2.85. The van der Waals surface area contributed by atoms with Crippen molar-refractivity contribution in [2.45, 2.75) is 77.8 Å². The van der Waals surface area contributed by atoms with Gasteiger partial charge in [0.2, 0.25) is 5.91 Å². The van der Waals surface area contributed by atoms with Gasteiger partial charge in [0.15, 0.2) is 0 Å². The Labute approximate surface area is 181 Å². The van der Waals surface area contributed by atoms with Crippen molar-refractivity contribution >= 4 is 11.7 Å². The van der Waals surface area contributed by atoms with E-state index in [1.54, 1.807) is 0 Å². The van der Waals surface area contributed by atoms with Crippen LogP contribution in [-0.4, -0.2) is 34.9 Å². The molecule has 2 heterocycles. The lowest BCUT2D eigenvalue weighted by Gasteiger charge is -2.60. The Morgan fingerprint density at radius 3 is 2.80 bits per heavy atom. The fraction of sp³-hybridized carbons (Fsp3) is 0.692. The molecule has 7 atom stereocenters. The first-order valence-corrected chi connectivity index (χ1v) is 12.0. The van der Waals surface area contributed by atoms with E-state index in [4.69, 9.17) is 0 Å². The molecule has 3 aliphatic carbocycles. The summed E-state index contributed by atoms with van der Waals surface area (Å²) in [5, 5.41) is 3.85. The Morgan fingerprint density at radius 1 is 1.17 bits per heavy atom. The average molecular weight is 408 g/mol. The molecule has 2 unspecified atom stereocenters. The van der Waals surface area contributed by atoms with Crippen molar-refractivity contribution < 1.29 is 4.79 Å². The van der Waals surface area contributed by atoms with Crippen molar-refractivity contribution in [1.82, 2.24) is 9.88 Å². The first-order valence-electron chi connectivity index (χ1n) is 12.0. The zero-order chi connectivity index (χ0) is 21.1. The number of hydrogen-bond donors (Lipinski definition) is 1. The van der Waals surface area contributed by atoms with Crippen molar-refractivity contribution in [3.05, 3.63) is 36.0 Å². The molecule has 5 rings (SSSR count). The van der Waals surface area contributed by atoms with Gasteiger partial charge in [0, 0.05) is 30.7 Å².